The summed E-state index contributed by atoms with van der Waals surface area (Å²) >= 11 is 0. The lowest BCUT2D eigenvalue weighted by Gasteiger charge is -2.35. The van der Waals surface area contributed by atoms with Crippen molar-refractivity contribution in [2.45, 2.75) is 31.8 Å². The molecule has 0 radical (unpaired) electrons. The van der Waals surface area contributed by atoms with E-state index < -0.39 is 4.92 Å². The van der Waals surface area contributed by atoms with Gasteiger partial charge in [0.2, 0.25) is 5.82 Å². The van der Waals surface area contributed by atoms with Gasteiger partial charge in [0.05, 0.1) is 4.92 Å². The van der Waals surface area contributed by atoms with E-state index in [2.05, 4.69) is 29.2 Å². The topological polar surface area (TPSA) is 95.1 Å². The largest absolute Gasteiger partial charge is 0.361 e. The van der Waals surface area contributed by atoms with E-state index in [1.165, 1.54) is 12.3 Å². The third-order valence-corrected chi connectivity index (χ3v) is 3.78. The molecule has 20 heavy (non-hydrogen) atoms. The Morgan fingerprint density at radius 3 is 3.00 bits per heavy atom. The van der Waals surface area contributed by atoms with Gasteiger partial charge in [0.1, 0.15) is 11.6 Å². The van der Waals surface area contributed by atoms with Crippen LogP contribution in [0.25, 0.3) is 0 Å². The van der Waals surface area contributed by atoms with Crippen LogP contribution < -0.4 is 5.32 Å². The molecule has 2 atom stereocenters. The van der Waals surface area contributed by atoms with Crippen LogP contribution in [0.3, 0.4) is 0 Å². The normalized spacial score (nSPS) is 23.1. The Bertz CT molecular complexity index is 554. The maximum atomic E-state index is 11.1. The predicted molar refractivity (Wildman–Crippen MR) is 74.3 cm³/mol. The molecular formula is C13H17N5O2. The van der Waals surface area contributed by atoms with Crippen LogP contribution in [-0.2, 0) is 0 Å². The molecule has 1 fully saturated rings. The zero-order chi connectivity index (χ0) is 14.7. The summed E-state index contributed by atoms with van der Waals surface area (Å²) < 4.78 is 0. The molecule has 7 nitrogen and oxygen atoms in total. The number of hydrogen-bond donors (Lipinski definition) is 1. The first-order valence-electron chi connectivity index (χ1n) is 6.53. The standard InChI is InChI=1S/C13H17N5O2/c1-9-7-11(4-6-17(9)2)16-13-12(18(19)20)10(8-14)3-5-15-13/h3,5,9,11H,4,6-7H2,1-2H3,(H,15,16). The van der Waals surface area contributed by atoms with Crippen LogP contribution in [0.1, 0.15) is 25.3 Å². The van der Waals surface area contributed by atoms with Gasteiger partial charge in [-0.05, 0) is 32.9 Å². The Balaban J connectivity index is 2.22. The van der Waals surface area contributed by atoms with Crippen molar-refractivity contribution in [1.29, 1.82) is 5.26 Å². The van der Waals surface area contributed by atoms with Gasteiger partial charge < -0.3 is 10.2 Å². The Kier molecular flexibility index (Phi) is 4.15. The lowest BCUT2D eigenvalue weighted by atomic mass is 9.99. The van der Waals surface area contributed by atoms with Crippen molar-refractivity contribution in [2.75, 3.05) is 18.9 Å². The maximum absolute atomic E-state index is 11.1. The van der Waals surface area contributed by atoms with E-state index in [1.54, 1.807) is 0 Å². The molecule has 1 aliphatic rings. The van der Waals surface area contributed by atoms with Gasteiger partial charge in [0.25, 0.3) is 0 Å². The van der Waals surface area contributed by atoms with Crippen molar-refractivity contribution in [2.24, 2.45) is 0 Å². The van der Waals surface area contributed by atoms with Crippen molar-refractivity contribution >= 4 is 11.5 Å². The molecule has 1 aliphatic heterocycles. The number of nitriles is 1. The number of nitrogens with one attached hydrogen (secondary N) is 1. The van der Waals surface area contributed by atoms with Gasteiger partial charge in [-0.3, -0.25) is 10.1 Å². The Morgan fingerprint density at radius 2 is 2.40 bits per heavy atom. The number of rotatable bonds is 3. The molecule has 0 bridgehead atoms. The van der Waals surface area contributed by atoms with E-state index in [0.717, 1.165) is 19.4 Å². The minimum atomic E-state index is -0.549. The highest BCUT2D eigenvalue weighted by Crippen LogP contribution is 2.28. The third-order valence-electron chi connectivity index (χ3n) is 3.78. The van der Waals surface area contributed by atoms with Crippen molar-refractivity contribution < 1.29 is 4.92 Å². The summed E-state index contributed by atoms with van der Waals surface area (Å²) in [6.07, 6.45) is 3.22. The molecule has 1 aromatic rings. The first-order valence-corrected chi connectivity index (χ1v) is 6.53. The smallest absolute Gasteiger partial charge is 0.328 e. The van der Waals surface area contributed by atoms with Gasteiger partial charge in [-0.25, -0.2) is 4.98 Å². The number of nitro groups is 1. The van der Waals surface area contributed by atoms with E-state index in [1.807, 2.05) is 6.07 Å². The van der Waals surface area contributed by atoms with Gasteiger partial charge in [-0.2, -0.15) is 5.26 Å². The molecule has 0 amide bonds. The molecule has 106 valence electrons. The molecule has 1 saturated heterocycles. The van der Waals surface area contributed by atoms with Crippen LogP contribution in [0.5, 0.6) is 0 Å². The molecule has 1 N–H and O–H groups in total. The van der Waals surface area contributed by atoms with E-state index in [9.17, 15) is 10.1 Å². The highest BCUT2D eigenvalue weighted by Gasteiger charge is 2.27. The average Bonchev–Trinajstić information content (AvgIpc) is 2.42. The first-order chi connectivity index (χ1) is 9.52. The van der Waals surface area contributed by atoms with Crippen molar-refractivity contribution in [3.05, 3.63) is 27.9 Å². The van der Waals surface area contributed by atoms with Crippen LogP contribution in [0, 0.1) is 21.4 Å². The minimum absolute atomic E-state index is 0.0356. The predicted octanol–water partition coefficient (Wildman–Crippen LogP) is 1.76. The summed E-state index contributed by atoms with van der Waals surface area (Å²) in [7, 11) is 2.07. The average molecular weight is 275 g/mol. The number of likely N-dealkylation sites (tertiary alicyclic amines) is 1. The van der Waals surface area contributed by atoms with Crippen molar-refractivity contribution in [3.63, 3.8) is 0 Å². The van der Waals surface area contributed by atoms with Crippen LogP contribution in [-0.4, -0.2) is 40.5 Å². The summed E-state index contributed by atoms with van der Waals surface area (Å²) in [5.74, 6) is 0.191. The molecular weight excluding hydrogens is 258 g/mol. The lowest BCUT2D eigenvalue weighted by molar-refractivity contribution is -0.384. The van der Waals surface area contributed by atoms with E-state index in [-0.39, 0.29) is 23.1 Å². The number of pyridine rings is 1. The van der Waals surface area contributed by atoms with Gasteiger partial charge in [-0.15, -0.1) is 0 Å². The second-order valence-electron chi connectivity index (χ2n) is 5.12. The summed E-state index contributed by atoms with van der Waals surface area (Å²) in [4.78, 5) is 16.9. The number of aromatic nitrogens is 1. The minimum Gasteiger partial charge on any atom is -0.361 e. The Morgan fingerprint density at radius 1 is 1.65 bits per heavy atom. The van der Waals surface area contributed by atoms with Crippen LogP contribution in [0.15, 0.2) is 12.3 Å². The zero-order valence-corrected chi connectivity index (χ0v) is 11.5. The molecule has 7 heteroatoms. The van der Waals surface area contributed by atoms with E-state index >= 15 is 0 Å². The highest BCUT2D eigenvalue weighted by molar-refractivity contribution is 5.64. The number of nitrogens with zero attached hydrogens (tertiary/aromatic N) is 4. The van der Waals surface area contributed by atoms with Crippen LogP contribution in [0.4, 0.5) is 11.5 Å². The summed E-state index contributed by atoms with van der Waals surface area (Å²) in [6, 6.07) is 3.76. The molecule has 0 aliphatic carbocycles. The molecule has 2 rings (SSSR count). The fourth-order valence-corrected chi connectivity index (χ4v) is 2.45. The second-order valence-corrected chi connectivity index (χ2v) is 5.12. The fourth-order valence-electron chi connectivity index (χ4n) is 2.45. The first kappa shape index (κ1) is 14.2. The fraction of sp³-hybridized carbons (Fsp3) is 0.538. The molecule has 2 heterocycles. The summed E-state index contributed by atoms with van der Waals surface area (Å²) in [5.41, 5.74) is -0.199. The molecule has 0 spiro atoms. The SMILES string of the molecule is CC1CC(Nc2nccc(C#N)c2[N+](=O)[O-])CCN1C. The number of anilines is 1. The quantitative estimate of drug-likeness (QED) is 0.667. The van der Waals surface area contributed by atoms with Gasteiger partial charge in [0.15, 0.2) is 0 Å². The van der Waals surface area contributed by atoms with Gasteiger partial charge >= 0.3 is 5.69 Å². The van der Waals surface area contributed by atoms with Crippen LogP contribution in [0.2, 0.25) is 0 Å². The maximum Gasteiger partial charge on any atom is 0.328 e. The molecule has 0 saturated carbocycles. The van der Waals surface area contributed by atoms with Gasteiger partial charge in [-0.1, -0.05) is 0 Å². The number of piperidine rings is 1. The molecule has 2 unspecified atom stereocenters. The summed E-state index contributed by atoms with van der Waals surface area (Å²) in [5, 5.41) is 23.2. The molecule has 0 aromatic carbocycles. The molecule has 1 aromatic heterocycles. The van der Waals surface area contributed by atoms with Gasteiger partial charge in [0, 0.05) is 24.8 Å². The van der Waals surface area contributed by atoms with E-state index in [0.29, 0.717) is 6.04 Å². The Hall–Kier alpha value is -2.20. The number of hydrogen-bond acceptors (Lipinski definition) is 6. The van der Waals surface area contributed by atoms with Crippen molar-refractivity contribution in [1.82, 2.24) is 9.88 Å². The van der Waals surface area contributed by atoms with E-state index in [4.69, 9.17) is 5.26 Å². The second kappa shape index (κ2) is 5.84. The Labute approximate surface area is 117 Å². The van der Waals surface area contributed by atoms with Crippen molar-refractivity contribution in [3.8, 4) is 6.07 Å². The monoisotopic (exact) mass is 275 g/mol. The zero-order valence-electron chi connectivity index (χ0n) is 11.5. The highest BCUT2D eigenvalue weighted by atomic mass is 16.6. The van der Waals surface area contributed by atoms with Crippen LogP contribution >= 0.6 is 0 Å². The summed E-state index contributed by atoms with van der Waals surface area (Å²) in [6.45, 7) is 3.06. The third kappa shape index (κ3) is 2.86. The lowest BCUT2D eigenvalue weighted by Crippen LogP contribution is -2.42.